The van der Waals surface area contributed by atoms with Crippen molar-refractivity contribution in [3.05, 3.63) is 29.3 Å². The molecule has 0 amide bonds. The summed E-state index contributed by atoms with van der Waals surface area (Å²) in [5.41, 5.74) is 9.17. The number of nitrogen functional groups attached to an aromatic ring is 1. The zero-order chi connectivity index (χ0) is 12.7. The summed E-state index contributed by atoms with van der Waals surface area (Å²) in [5, 5.41) is 3.56. The van der Waals surface area contributed by atoms with Crippen molar-refractivity contribution in [2.24, 2.45) is 0 Å². The van der Waals surface area contributed by atoms with Crippen LogP contribution in [-0.2, 0) is 6.54 Å². The zero-order valence-corrected chi connectivity index (χ0v) is 11.4. The van der Waals surface area contributed by atoms with Gasteiger partial charge in [0.15, 0.2) is 0 Å². The molecule has 3 N–H and O–H groups in total. The van der Waals surface area contributed by atoms with E-state index >= 15 is 0 Å². The average Bonchev–Trinajstić information content (AvgIpc) is 2.31. The summed E-state index contributed by atoms with van der Waals surface area (Å²) in [5.74, 6) is 0. The number of rotatable bonds is 7. The molecule has 1 aromatic rings. The van der Waals surface area contributed by atoms with Crippen molar-refractivity contribution in [2.75, 3.05) is 5.73 Å². The van der Waals surface area contributed by atoms with Crippen LogP contribution in [-0.4, -0.2) is 6.04 Å². The van der Waals surface area contributed by atoms with Crippen LogP contribution >= 0.6 is 0 Å². The standard InChI is InChI=1S/C15H26N2/c1-4-5-6-7-13(3)17-11-14-8-9-15(16)12(2)10-14/h8-10,13,17H,4-7,11,16H2,1-3H3. The number of benzene rings is 1. The second kappa shape index (κ2) is 7.33. The van der Waals surface area contributed by atoms with Crippen molar-refractivity contribution in [2.45, 2.75) is 59.0 Å². The fraction of sp³-hybridized carbons (Fsp3) is 0.600. The molecule has 0 heterocycles. The third-order valence-electron chi connectivity index (χ3n) is 3.23. The van der Waals surface area contributed by atoms with Crippen LogP contribution in [0, 0.1) is 6.92 Å². The fourth-order valence-corrected chi connectivity index (χ4v) is 1.94. The predicted octanol–water partition coefficient (Wildman–Crippen LogP) is 3.64. The van der Waals surface area contributed by atoms with Crippen molar-refractivity contribution in [3.63, 3.8) is 0 Å². The van der Waals surface area contributed by atoms with Crippen molar-refractivity contribution < 1.29 is 0 Å². The molecule has 2 heteroatoms. The van der Waals surface area contributed by atoms with Crippen LogP contribution in [0.25, 0.3) is 0 Å². The summed E-state index contributed by atoms with van der Waals surface area (Å²) in [7, 11) is 0. The first-order valence-corrected chi connectivity index (χ1v) is 6.72. The Hall–Kier alpha value is -1.02. The van der Waals surface area contributed by atoms with Gasteiger partial charge in [0.2, 0.25) is 0 Å². The molecule has 1 aromatic carbocycles. The van der Waals surface area contributed by atoms with Gasteiger partial charge in [-0.05, 0) is 37.5 Å². The van der Waals surface area contributed by atoms with Gasteiger partial charge in [-0.15, -0.1) is 0 Å². The highest BCUT2D eigenvalue weighted by atomic mass is 14.9. The van der Waals surface area contributed by atoms with Crippen molar-refractivity contribution in [3.8, 4) is 0 Å². The van der Waals surface area contributed by atoms with E-state index in [0.717, 1.165) is 12.2 Å². The highest BCUT2D eigenvalue weighted by Gasteiger charge is 2.02. The van der Waals surface area contributed by atoms with Crippen molar-refractivity contribution >= 4 is 5.69 Å². The third-order valence-corrected chi connectivity index (χ3v) is 3.23. The first-order valence-electron chi connectivity index (χ1n) is 6.72. The van der Waals surface area contributed by atoms with Gasteiger partial charge in [0, 0.05) is 18.3 Å². The summed E-state index contributed by atoms with van der Waals surface area (Å²) >= 11 is 0. The second-order valence-corrected chi connectivity index (χ2v) is 4.97. The maximum absolute atomic E-state index is 5.81. The van der Waals surface area contributed by atoms with Crippen LogP contribution in [0.5, 0.6) is 0 Å². The summed E-state index contributed by atoms with van der Waals surface area (Å²) in [6.07, 6.45) is 5.23. The molecule has 0 fully saturated rings. The lowest BCUT2D eigenvalue weighted by Gasteiger charge is -2.14. The van der Waals surface area contributed by atoms with Gasteiger partial charge in [0.05, 0.1) is 0 Å². The normalized spacial score (nSPS) is 12.6. The van der Waals surface area contributed by atoms with E-state index < -0.39 is 0 Å². The highest BCUT2D eigenvalue weighted by Crippen LogP contribution is 2.13. The lowest BCUT2D eigenvalue weighted by atomic mass is 10.1. The monoisotopic (exact) mass is 234 g/mol. The third kappa shape index (κ3) is 5.22. The molecule has 0 saturated heterocycles. The Morgan fingerprint density at radius 2 is 2.06 bits per heavy atom. The van der Waals surface area contributed by atoms with Gasteiger partial charge in [0.25, 0.3) is 0 Å². The minimum absolute atomic E-state index is 0.597. The van der Waals surface area contributed by atoms with E-state index in [1.54, 1.807) is 0 Å². The van der Waals surface area contributed by atoms with Gasteiger partial charge in [0.1, 0.15) is 0 Å². The van der Waals surface area contributed by atoms with E-state index in [4.69, 9.17) is 5.73 Å². The van der Waals surface area contributed by atoms with Crippen LogP contribution in [0.15, 0.2) is 18.2 Å². The van der Waals surface area contributed by atoms with E-state index in [-0.39, 0.29) is 0 Å². The first-order chi connectivity index (χ1) is 8.13. The molecule has 1 atom stereocenters. The summed E-state index contributed by atoms with van der Waals surface area (Å²) < 4.78 is 0. The first kappa shape index (κ1) is 14.0. The van der Waals surface area contributed by atoms with E-state index in [9.17, 15) is 0 Å². The number of aryl methyl sites for hydroxylation is 1. The number of nitrogens with two attached hydrogens (primary N) is 1. The second-order valence-electron chi connectivity index (χ2n) is 4.97. The van der Waals surface area contributed by atoms with Crippen LogP contribution in [0.2, 0.25) is 0 Å². The lowest BCUT2D eigenvalue weighted by molar-refractivity contribution is 0.487. The summed E-state index contributed by atoms with van der Waals surface area (Å²) in [6, 6.07) is 6.86. The largest absolute Gasteiger partial charge is 0.399 e. The topological polar surface area (TPSA) is 38.0 Å². The molecule has 1 rings (SSSR count). The van der Waals surface area contributed by atoms with Crippen LogP contribution in [0.1, 0.15) is 50.7 Å². The van der Waals surface area contributed by atoms with Crippen LogP contribution in [0.3, 0.4) is 0 Å². The highest BCUT2D eigenvalue weighted by molar-refractivity contribution is 5.47. The van der Waals surface area contributed by atoms with Crippen LogP contribution in [0.4, 0.5) is 5.69 Å². The molecule has 0 aromatic heterocycles. The molecule has 2 nitrogen and oxygen atoms in total. The number of anilines is 1. The molecule has 96 valence electrons. The Kier molecular flexibility index (Phi) is 6.06. The molecule has 17 heavy (non-hydrogen) atoms. The van der Waals surface area contributed by atoms with E-state index in [0.29, 0.717) is 6.04 Å². The Morgan fingerprint density at radius 1 is 1.29 bits per heavy atom. The molecular formula is C15H26N2. The maximum Gasteiger partial charge on any atom is 0.0343 e. The quantitative estimate of drug-likeness (QED) is 0.558. The Labute approximate surface area is 106 Å². The smallest absolute Gasteiger partial charge is 0.0343 e. The zero-order valence-electron chi connectivity index (χ0n) is 11.4. The van der Waals surface area contributed by atoms with Gasteiger partial charge in [-0.3, -0.25) is 0 Å². The molecular weight excluding hydrogens is 208 g/mol. The van der Waals surface area contributed by atoms with E-state index in [1.807, 2.05) is 6.07 Å². The Bertz CT molecular complexity index is 334. The van der Waals surface area contributed by atoms with Gasteiger partial charge in [-0.2, -0.15) is 0 Å². The van der Waals surface area contributed by atoms with E-state index in [2.05, 4.69) is 38.2 Å². The summed E-state index contributed by atoms with van der Waals surface area (Å²) in [6.45, 7) is 7.51. The van der Waals surface area contributed by atoms with Gasteiger partial charge >= 0.3 is 0 Å². The molecule has 0 saturated carbocycles. The lowest BCUT2D eigenvalue weighted by Crippen LogP contribution is -2.25. The van der Waals surface area contributed by atoms with Crippen molar-refractivity contribution in [1.29, 1.82) is 0 Å². The summed E-state index contributed by atoms with van der Waals surface area (Å²) in [4.78, 5) is 0. The van der Waals surface area contributed by atoms with Crippen molar-refractivity contribution in [1.82, 2.24) is 5.32 Å². The SMILES string of the molecule is CCCCCC(C)NCc1ccc(N)c(C)c1. The fourth-order valence-electron chi connectivity index (χ4n) is 1.94. The molecule has 0 aliphatic rings. The molecule has 0 aliphatic carbocycles. The van der Waals surface area contributed by atoms with Gasteiger partial charge in [-0.1, -0.05) is 38.3 Å². The number of unbranched alkanes of at least 4 members (excludes halogenated alkanes) is 2. The van der Waals surface area contributed by atoms with E-state index in [1.165, 1.54) is 36.8 Å². The predicted molar refractivity (Wildman–Crippen MR) is 76.0 cm³/mol. The minimum atomic E-state index is 0.597. The maximum atomic E-state index is 5.81. The Balaban J connectivity index is 2.31. The van der Waals surface area contributed by atoms with Gasteiger partial charge < -0.3 is 11.1 Å². The van der Waals surface area contributed by atoms with Crippen LogP contribution < -0.4 is 11.1 Å². The Morgan fingerprint density at radius 3 is 2.71 bits per heavy atom. The molecule has 0 radical (unpaired) electrons. The minimum Gasteiger partial charge on any atom is -0.399 e. The van der Waals surface area contributed by atoms with Gasteiger partial charge in [-0.25, -0.2) is 0 Å². The number of nitrogens with one attached hydrogen (secondary N) is 1. The molecule has 0 bridgehead atoms. The molecule has 0 aliphatic heterocycles. The average molecular weight is 234 g/mol. The number of hydrogen-bond donors (Lipinski definition) is 2. The number of hydrogen-bond acceptors (Lipinski definition) is 2. The molecule has 0 spiro atoms. The molecule has 1 unspecified atom stereocenters.